The Kier molecular flexibility index (Phi) is 6.31. The molecule has 4 rings (SSSR count). The molecular weight excluding hydrogens is 424 g/mol. The van der Waals surface area contributed by atoms with Gasteiger partial charge in [-0.1, -0.05) is 18.2 Å². The zero-order chi connectivity index (χ0) is 23.2. The maximum atomic E-state index is 12.4. The van der Waals surface area contributed by atoms with Crippen LogP contribution in [0.25, 0.3) is 11.7 Å². The topological polar surface area (TPSA) is 108 Å². The Hall–Kier alpha value is -4.66. The number of nitro groups is 1. The lowest BCUT2D eigenvalue weighted by molar-refractivity contribution is -0.385. The molecule has 166 valence electrons. The first-order valence-electron chi connectivity index (χ1n) is 9.99. The first-order chi connectivity index (χ1) is 16.0. The number of hydrogen-bond acceptors (Lipinski definition) is 6. The number of nitro benzene ring substituents is 1. The van der Waals surface area contributed by atoms with Crippen molar-refractivity contribution < 1.29 is 19.2 Å². The summed E-state index contributed by atoms with van der Waals surface area (Å²) < 4.78 is 13.1. The molecule has 9 nitrogen and oxygen atoms in total. The highest BCUT2D eigenvalue weighted by Crippen LogP contribution is 2.31. The van der Waals surface area contributed by atoms with Gasteiger partial charge in [0.2, 0.25) is 5.91 Å². The minimum atomic E-state index is -0.492. The van der Waals surface area contributed by atoms with E-state index < -0.39 is 10.8 Å². The van der Waals surface area contributed by atoms with E-state index in [4.69, 9.17) is 9.47 Å². The van der Waals surface area contributed by atoms with E-state index in [2.05, 4.69) is 10.3 Å². The number of rotatable bonds is 8. The molecule has 0 saturated heterocycles. The van der Waals surface area contributed by atoms with Crippen LogP contribution in [0.5, 0.6) is 11.5 Å². The monoisotopic (exact) mass is 444 g/mol. The number of carbonyl (C=O) groups excluding carboxylic acids is 1. The molecule has 0 saturated carbocycles. The van der Waals surface area contributed by atoms with Crippen molar-refractivity contribution in [2.75, 3.05) is 12.4 Å². The maximum Gasteiger partial charge on any atom is 0.276 e. The van der Waals surface area contributed by atoms with E-state index in [1.165, 1.54) is 25.3 Å². The fourth-order valence-corrected chi connectivity index (χ4v) is 3.22. The molecule has 1 N–H and O–H groups in total. The number of para-hydroxylation sites is 1. The molecule has 0 radical (unpaired) electrons. The molecule has 33 heavy (non-hydrogen) atoms. The number of nitrogens with one attached hydrogen (secondary N) is 1. The second-order valence-electron chi connectivity index (χ2n) is 6.99. The van der Waals surface area contributed by atoms with Crippen molar-refractivity contribution in [3.8, 4) is 11.5 Å². The quantitative estimate of drug-likeness (QED) is 0.244. The highest BCUT2D eigenvalue weighted by Gasteiger charge is 2.11. The Morgan fingerprint density at radius 1 is 1.15 bits per heavy atom. The summed E-state index contributed by atoms with van der Waals surface area (Å²) in [5.41, 5.74) is 2.30. The molecule has 0 aliphatic heterocycles. The van der Waals surface area contributed by atoms with Crippen LogP contribution in [0.4, 0.5) is 11.4 Å². The molecule has 2 aromatic heterocycles. The van der Waals surface area contributed by atoms with Gasteiger partial charge < -0.3 is 19.2 Å². The molecule has 2 heterocycles. The number of benzene rings is 2. The molecule has 0 aliphatic carbocycles. The molecular formula is C24H20N4O5. The molecule has 0 aliphatic rings. The maximum absolute atomic E-state index is 12.4. The van der Waals surface area contributed by atoms with E-state index in [-0.39, 0.29) is 12.3 Å². The van der Waals surface area contributed by atoms with Crippen LogP contribution in [-0.4, -0.2) is 27.3 Å². The number of fused-ring (bicyclic) bond motifs is 1. The lowest BCUT2D eigenvalue weighted by Gasteiger charge is -2.12. The van der Waals surface area contributed by atoms with Crippen molar-refractivity contribution in [2.45, 2.75) is 6.61 Å². The summed E-state index contributed by atoms with van der Waals surface area (Å²) in [6.45, 7) is 0.215. The summed E-state index contributed by atoms with van der Waals surface area (Å²) in [7, 11) is 1.53. The van der Waals surface area contributed by atoms with Crippen molar-refractivity contribution in [3.05, 3.63) is 101 Å². The van der Waals surface area contributed by atoms with Crippen molar-refractivity contribution in [3.63, 3.8) is 0 Å². The van der Waals surface area contributed by atoms with Gasteiger partial charge in [0.05, 0.1) is 23.3 Å². The van der Waals surface area contributed by atoms with Crippen LogP contribution in [0, 0.1) is 10.1 Å². The minimum absolute atomic E-state index is 0.0753. The number of imidazole rings is 1. The van der Waals surface area contributed by atoms with Gasteiger partial charge in [0.25, 0.3) is 5.69 Å². The van der Waals surface area contributed by atoms with Crippen molar-refractivity contribution in [1.29, 1.82) is 0 Å². The number of methoxy groups -OCH3 is 1. The number of amides is 1. The van der Waals surface area contributed by atoms with Gasteiger partial charge in [0.1, 0.15) is 12.3 Å². The summed E-state index contributed by atoms with van der Waals surface area (Å²) >= 11 is 0. The molecule has 0 fully saturated rings. The van der Waals surface area contributed by atoms with Gasteiger partial charge in [-0.25, -0.2) is 4.98 Å². The van der Waals surface area contributed by atoms with Crippen LogP contribution in [0.2, 0.25) is 0 Å². The first kappa shape index (κ1) is 21.6. The van der Waals surface area contributed by atoms with E-state index in [1.807, 2.05) is 35.0 Å². The highest BCUT2D eigenvalue weighted by molar-refractivity contribution is 6.02. The van der Waals surface area contributed by atoms with E-state index in [9.17, 15) is 14.9 Å². The predicted molar refractivity (Wildman–Crippen MR) is 123 cm³/mol. The first-order valence-corrected chi connectivity index (χ1v) is 9.99. The van der Waals surface area contributed by atoms with Crippen molar-refractivity contribution in [2.24, 2.45) is 0 Å². The smallest absolute Gasteiger partial charge is 0.276 e. The van der Waals surface area contributed by atoms with E-state index in [0.29, 0.717) is 22.7 Å². The third-order valence-electron chi connectivity index (χ3n) is 4.77. The predicted octanol–water partition coefficient (Wildman–Crippen LogP) is 4.48. The Balaban J connectivity index is 1.45. The second-order valence-corrected chi connectivity index (χ2v) is 6.99. The lowest BCUT2D eigenvalue weighted by Crippen LogP contribution is -2.08. The lowest BCUT2D eigenvalue weighted by atomic mass is 10.1. The zero-order valence-electron chi connectivity index (χ0n) is 17.7. The van der Waals surface area contributed by atoms with Gasteiger partial charge in [0, 0.05) is 36.3 Å². The summed E-state index contributed by atoms with van der Waals surface area (Å²) in [5.74, 6) is 0.506. The van der Waals surface area contributed by atoms with Crippen molar-refractivity contribution in [1.82, 2.24) is 9.38 Å². The zero-order valence-corrected chi connectivity index (χ0v) is 17.7. The van der Waals surface area contributed by atoms with Gasteiger partial charge in [-0.3, -0.25) is 14.9 Å². The SMILES string of the molecule is COc1ccc(NC(=O)/C=C/c2ccccc2[N+](=O)[O-])cc1OCc1cn2ccccc2n1. The van der Waals surface area contributed by atoms with Crippen LogP contribution in [0.3, 0.4) is 0 Å². The van der Waals surface area contributed by atoms with Gasteiger partial charge in [-0.2, -0.15) is 0 Å². The number of anilines is 1. The molecule has 1 amide bonds. The number of aromatic nitrogens is 2. The second kappa shape index (κ2) is 9.65. The van der Waals surface area contributed by atoms with Crippen LogP contribution in [0.1, 0.15) is 11.3 Å². The molecule has 0 unspecified atom stereocenters. The number of nitrogens with zero attached hydrogens (tertiary/aromatic N) is 3. The van der Waals surface area contributed by atoms with Crippen LogP contribution in [0.15, 0.2) is 79.1 Å². The standard InChI is InChI=1S/C24H20N4O5/c1-32-21-11-10-18(26-24(29)12-9-17-6-2-3-7-20(17)28(30)31)14-22(21)33-16-19-15-27-13-5-4-8-23(27)25-19/h2-15H,16H2,1H3,(H,26,29)/b12-9+. The Morgan fingerprint density at radius 2 is 1.97 bits per heavy atom. The van der Waals surface area contributed by atoms with Gasteiger partial charge in [-0.15, -0.1) is 0 Å². The Bertz CT molecular complexity index is 1310. The number of carbonyl (C=O) groups is 1. The average molecular weight is 444 g/mol. The van der Waals surface area contributed by atoms with Crippen LogP contribution >= 0.6 is 0 Å². The third kappa shape index (κ3) is 5.16. The molecule has 9 heteroatoms. The summed E-state index contributed by atoms with van der Waals surface area (Å²) in [6, 6.07) is 16.9. The number of ether oxygens (including phenoxy) is 2. The van der Waals surface area contributed by atoms with E-state index in [0.717, 1.165) is 11.3 Å². The minimum Gasteiger partial charge on any atom is -0.493 e. The normalized spacial score (nSPS) is 10.9. The molecule has 0 spiro atoms. The summed E-state index contributed by atoms with van der Waals surface area (Å²) in [5, 5.41) is 13.8. The molecule has 4 aromatic rings. The highest BCUT2D eigenvalue weighted by atomic mass is 16.6. The average Bonchev–Trinajstić information content (AvgIpc) is 3.25. The molecule has 2 aromatic carbocycles. The Morgan fingerprint density at radius 3 is 2.76 bits per heavy atom. The molecule has 0 atom stereocenters. The summed E-state index contributed by atoms with van der Waals surface area (Å²) in [4.78, 5) is 27.5. The number of pyridine rings is 1. The number of hydrogen-bond donors (Lipinski definition) is 1. The fourth-order valence-electron chi connectivity index (χ4n) is 3.22. The molecule has 0 bridgehead atoms. The van der Waals surface area contributed by atoms with E-state index >= 15 is 0 Å². The van der Waals surface area contributed by atoms with Gasteiger partial charge in [-0.05, 0) is 36.4 Å². The largest absolute Gasteiger partial charge is 0.493 e. The fraction of sp³-hybridized carbons (Fsp3) is 0.0833. The summed E-state index contributed by atoms with van der Waals surface area (Å²) in [6.07, 6.45) is 6.42. The van der Waals surface area contributed by atoms with Gasteiger partial charge >= 0.3 is 0 Å². The van der Waals surface area contributed by atoms with Crippen LogP contribution in [-0.2, 0) is 11.4 Å². The Labute approximate surface area is 189 Å². The van der Waals surface area contributed by atoms with Crippen molar-refractivity contribution >= 4 is 29.0 Å². The van der Waals surface area contributed by atoms with Crippen LogP contribution < -0.4 is 14.8 Å². The van der Waals surface area contributed by atoms with Gasteiger partial charge in [0.15, 0.2) is 11.5 Å². The third-order valence-corrected chi connectivity index (χ3v) is 4.77. The van der Waals surface area contributed by atoms with E-state index in [1.54, 1.807) is 36.4 Å².